The molecule has 0 unspecified atom stereocenters. The number of ketones is 2. The van der Waals surface area contributed by atoms with Gasteiger partial charge in [-0.15, -0.1) is 0 Å². The highest BCUT2D eigenvalue weighted by molar-refractivity contribution is 6.22. The summed E-state index contributed by atoms with van der Waals surface area (Å²) in [5.41, 5.74) is 1.29. The summed E-state index contributed by atoms with van der Waals surface area (Å²) < 4.78 is 5.12. The van der Waals surface area contributed by atoms with Crippen molar-refractivity contribution in [3.05, 3.63) is 35.1 Å². The van der Waals surface area contributed by atoms with Gasteiger partial charge in [0, 0.05) is 23.8 Å². The molecule has 0 aromatic rings. The molecule has 0 radical (unpaired) electrons. The number of methoxy groups -OCH3 is 1. The van der Waals surface area contributed by atoms with Gasteiger partial charge in [0.05, 0.1) is 7.11 Å². The SMILES string of the molecule is CCCCCC/C=C\CCCCCCCCCC1=C(CN(C)C)C(=O)C=C(OC)C1=O. The number of rotatable bonds is 18. The normalized spacial score (nSPS) is 14.8. The predicted octanol–water partition coefficient (Wildman–Crippen LogP) is 6.56. The maximum Gasteiger partial charge on any atom is 0.224 e. The Balaban J connectivity index is 2.20. The minimum atomic E-state index is -0.114. The lowest BCUT2D eigenvalue weighted by Gasteiger charge is -2.21. The molecule has 0 aliphatic heterocycles. The Labute approximate surface area is 190 Å². The molecule has 0 aromatic heterocycles. The van der Waals surface area contributed by atoms with Crippen LogP contribution in [0.15, 0.2) is 35.1 Å². The van der Waals surface area contributed by atoms with Gasteiger partial charge in [-0.3, -0.25) is 9.59 Å². The smallest absolute Gasteiger partial charge is 0.224 e. The van der Waals surface area contributed by atoms with Crippen LogP contribution < -0.4 is 0 Å². The van der Waals surface area contributed by atoms with Gasteiger partial charge in [-0.1, -0.05) is 70.4 Å². The Morgan fingerprint density at radius 3 is 1.90 bits per heavy atom. The molecule has 4 heteroatoms. The lowest BCUT2D eigenvalue weighted by atomic mass is 9.89. The van der Waals surface area contributed by atoms with Crippen LogP contribution in [0.4, 0.5) is 0 Å². The van der Waals surface area contributed by atoms with E-state index in [9.17, 15) is 9.59 Å². The maximum absolute atomic E-state index is 12.6. The zero-order valence-electron chi connectivity index (χ0n) is 20.5. The molecule has 0 amide bonds. The minimum Gasteiger partial charge on any atom is -0.493 e. The average Bonchev–Trinajstić information content (AvgIpc) is 2.74. The van der Waals surface area contributed by atoms with E-state index in [0.717, 1.165) is 12.8 Å². The van der Waals surface area contributed by atoms with E-state index in [1.165, 1.54) is 83.8 Å². The van der Waals surface area contributed by atoms with Crippen molar-refractivity contribution < 1.29 is 14.3 Å². The van der Waals surface area contributed by atoms with Gasteiger partial charge in [0.1, 0.15) is 0 Å². The third-order valence-electron chi connectivity index (χ3n) is 5.80. The molecule has 0 fully saturated rings. The summed E-state index contributed by atoms with van der Waals surface area (Å²) in [7, 11) is 5.29. The molecule has 176 valence electrons. The number of allylic oxidation sites excluding steroid dienone is 4. The van der Waals surface area contributed by atoms with E-state index in [1.807, 2.05) is 19.0 Å². The van der Waals surface area contributed by atoms with Gasteiger partial charge in [0.25, 0.3) is 0 Å². The topological polar surface area (TPSA) is 46.6 Å². The van der Waals surface area contributed by atoms with E-state index in [0.29, 0.717) is 24.1 Å². The molecule has 4 nitrogen and oxygen atoms in total. The van der Waals surface area contributed by atoms with E-state index >= 15 is 0 Å². The van der Waals surface area contributed by atoms with Crippen molar-refractivity contribution in [1.29, 1.82) is 0 Å². The number of carbonyl (C=O) groups is 2. The molecular formula is C27H45NO3. The van der Waals surface area contributed by atoms with Gasteiger partial charge in [-0.05, 0) is 52.6 Å². The van der Waals surface area contributed by atoms with E-state index in [1.54, 1.807) is 0 Å². The zero-order valence-corrected chi connectivity index (χ0v) is 20.5. The summed E-state index contributed by atoms with van der Waals surface area (Å²) in [5, 5.41) is 0. The van der Waals surface area contributed by atoms with Gasteiger partial charge in [0.15, 0.2) is 11.5 Å². The van der Waals surface area contributed by atoms with Crippen LogP contribution in [-0.4, -0.2) is 44.2 Å². The molecule has 0 saturated heterocycles. The number of carbonyl (C=O) groups excluding carboxylic acids is 2. The lowest BCUT2D eigenvalue weighted by Crippen LogP contribution is -2.27. The largest absolute Gasteiger partial charge is 0.493 e. The van der Waals surface area contributed by atoms with Crippen molar-refractivity contribution in [1.82, 2.24) is 4.90 Å². The van der Waals surface area contributed by atoms with Crippen molar-refractivity contribution in [3.63, 3.8) is 0 Å². The second-order valence-corrected chi connectivity index (χ2v) is 8.94. The molecule has 0 spiro atoms. The van der Waals surface area contributed by atoms with Gasteiger partial charge in [0.2, 0.25) is 5.78 Å². The van der Waals surface area contributed by atoms with Crippen LogP contribution in [0.1, 0.15) is 96.8 Å². The number of nitrogens with zero attached hydrogens (tertiary/aromatic N) is 1. The number of hydrogen-bond donors (Lipinski definition) is 0. The van der Waals surface area contributed by atoms with Crippen molar-refractivity contribution in [2.45, 2.75) is 96.8 Å². The molecule has 0 heterocycles. The molecular weight excluding hydrogens is 386 g/mol. The fourth-order valence-electron chi connectivity index (χ4n) is 3.98. The van der Waals surface area contributed by atoms with Crippen LogP contribution in [-0.2, 0) is 14.3 Å². The second kappa shape index (κ2) is 16.9. The fourth-order valence-corrected chi connectivity index (χ4v) is 3.98. The standard InChI is InChI=1S/C27H45NO3/c1-5-6-7-8-9-10-11-12-13-14-15-16-17-18-19-20-23-24(22-28(2)3)25(29)21-26(31-4)27(23)30/h10-11,21H,5-9,12-20,22H2,1-4H3/b11-10-. The van der Waals surface area contributed by atoms with Crippen LogP contribution in [0, 0.1) is 0 Å². The molecule has 0 aromatic carbocycles. The van der Waals surface area contributed by atoms with Crippen LogP contribution in [0.3, 0.4) is 0 Å². The van der Waals surface area contributed by atoms with Gasteiger partial charge in [-0.25, -0.2) is 0 Å². The summed E-state index contributed by atoms with van der Waals surface area (Å²) in [6, 6.07) is 0. The molecule has 1 aliphatic carbocycles. The van der Waals surface area contributed by atoms with Crippen LogP contribution in [0.5, 0.6) is 0 Å². The van der Waals surface area contributed by atoms with Crippen molar-refractivity contribution >= 4 is 11.6 Å². The summed E-state index contributed by atoms with van der Waals surface area (Å²) in [4.78, 5) is 27.0. The molecule has 0 atom stereocenters. The van der Waals surface area contributed by atoms with Crippen molar-refractivity contribution in [3.8, 4) is 0 Å². The summed E-state index contributed by atoms with van der Waals surface area (Å²) in [5.74, 6) is -0.0231. The monoisotopic (exact) mass is 431 g/mol. The Bertz CT molecular complexity index is 628. The highest BCUT2D eigenvalue weighted by Crippen LogP contribution is 2.25. The summed E-state index contributed by atoms with van der Waals surface area (Å²) >= 11 is 0. The molecule has 31 heavy (non-hydrogen) atoms. The maximum atomic E-state index is 12.6. The summed E-state index contributed by atoms with van der Waals surface area (Å²) in [6.45, 7) is 2.76. The number of Topliss-reactive ketones (excluding diaryl/α,β-unsaturated/α-hetero) is 1. The van der Waals surface area contributed by atoms with Gasteiger partial charge in [-0.2, -0.15) is 0 Å². The Hall–Kier alpha value is -1.68. The van der Waals surface area contributed by atoms with Crippen LogP contribution >= 0.6 is 0 Å². The van der Waals surface area contributed by atoms with Gasteiger partial charge < -0.3 is 9.64 Å². The van der Waals surface area contributed by atoms with Crippen LogP contribution in [0.2, 0.25) is 0 Å². The van der Waals surface area contributed by atoms with E-state index in [-0.39, 0.29) is 17.3 Å². The molecule has 0 N–H and O–H groups in total. The Morgan fingerprint density at radius 1 is 0.806 bits per heavy atom. The van der Waals surface area contributed by atoms with E-state index in [2.05, 4.69) is 19.1 Å². The Morgan fingerprint density at radius 2 is 1.35 bits per heavy atom. The number of likely N-dealkylation sites (N-methyl/N-ethyl adjacent to an activating group) is 1. The highest BCUT2D eigenvalue weighted by atomic mass is 16.5. The quantitative estimate of drug-likeness (QED) is 0.140. The summed E-state index contributed by atoms with van der Waals surface area (Å²) in [6.07, 6.45) is 22.9. The lowest BCUT2D eigenvalue weighted by molar-refractivity contribution is -0.118. The first-order valence-corrected chi connectivity index (χ1v) is 12.4. The minimum absolute atomic E-state index is 0.0878. The molecule has 1 rings (SSSR count). The zero-order chi connectivity index (χ0) is 22.9. The van der Waals surface area contributed by atoms with Crippen molar-refractivity contribution in [2.75, 3.05) is 27.7 Å². The van der Waals surface area contributed by atoms with Crippen LogP contribution in [0.25, 0.3) is 0 Å². The number of unbranched alkanes of at least 4 members (excludes halogenated alkanes) is 11. The number of ether oxygens (including phenoxy) is 1. The molecule has 0 bridgehead atoms. The molecule has 1 aliphatic rings. The predicted molar refractivity (Wildman–Crippen MR) is 130 cm³/mol. The highest BCUT2D eigenvalue weighted by Gasteiger charge is 2.28. The fraction of sp³-hybridized carbons (Fsp3) is 0.704. The van der Waals surface area contributed by atoms with Gasteiger partial charge >= 0.3 is 0 Å². The first kappa shape index (κ1) is 27.4. The first-order chi connectivity index (χ1) is 15.0. The number of hydrogen-bond acceptors (Lipinski definition) is 4. The first-order valence-electron chi connectivity index (χ1n) is 12.4. The molecule has 0 saturated carbocycles. The third kappa shape index (κ3) is 11.5. The third-order valence-corrected chi connectivity index (χ3v) is 5.80. The second-order valence-electron chi connectivity index (χ2n) is 8.94. The van der Waals surface area contributed by atoms with Crippen molar-refractivity contribution in [2.24, 2.45) is 0 Å². The average molecular weight is 432 g/mol. The Kier molecular flexibility index (Phi) is 15.0. The van der Waals surface area contributed by atoms with E-state index < -0.39 is 0 Å². The van der Waals surface area contributed by atoms with E-state index in [4.69, 9.17) is 4.74 Å².